The van der Waals surface area contributed by atoms with E-state index in [0.717, 1.165) is 16.5 Å². The summed E-state index contributed by atoms with van der Waals surface area (Å²) in [5, 5.41) is 10.4. The molecule has 0 amide bonds. The van der Waals surface area contributed by atoms with Gasteiger partial charge in [-0.15, -0.1) is 0 Å². The topological polar surface area (TPSA) is 110 Å². The maximum Gasteiger partial charge on any atom is 0.192 e. The first kappa shape index (κ1) is 15.2. The Kier molecular flexibility index (Phi) is 4.12. The van der Waals surface area contributed by atoms with E-state index in [1.807, 2.05) is 36.4 Å². The van der Waals surface area contributed by atoms with Crippen molar-refractivity contribution < 1.29 is 5.11 Å². The highest BCUT2D eigenvalue weighted by Crippen LogP contribution is 2.26. The summed E-state index contributed by atoms with van der Waals surface area (Å²) < 4.78 is 0.625. The number of nitrogens with zero attached hydrogens (tertiary/aromatic N) is 3. The summed E-state index contributed by atoms with van der Waals surface area (Å²) in [5.41, 5.74) is 12.7. The van der Waals surface area contributed by atoms with Crippen LogP contribution in [0.25, 0.3) is 10.9 Å². The van der Waals surface area contributed by atoms with Gasteiger partial charge in [0.15, 0.2) is 11.8 Å². The Balaban J connectivity index is 2.07. The van der Waals surface area contributed by atoms with Crippen molar-refractivity contribution in [2.45, 2.75) is 6.42 Å². The number of phenols is 1. The van der Waals surface area contributed by atoms with Gasteiger partial charge in [0.1, 0.15) is 11.6 Å². The van der Waals surface area contributed by atoms with Crippen LogP contribution < -0.4 is 11.5 Å². The van der Waals surface area contributed by atoms with Crippen LogP contribution in [0.15, 0.2) is 51.9 Å². The average molecular weight is 372 g/mol. The van der Waals surface area contributed by atoms with Crippen LogP contribution in [0.1, 0.15) is 11.4 Å². The Labute approximate surface area is 141 Å². The van der Waals surface area contributed by atoms with Crippen LogP contribution in [0.2, 0.25) is 0 Å². The smallest absolute Gasteiger partial charge is 0.192 e. The highest BCUT2D eigenvalue weighted by molar-refractivity contribution is 9.10. The normalized spacial score (nSPS) is 10.7. The Bertz CT molecular complexity index is 906. The van der Waals surface area contributed by atoms with Gasteiger partial charge < -0.3 is 16.6 Å². The van der Waals surface area contributed by atoms with Crippen LogP contribution in [-0.4, -0.2) is 21.0 Å². The third kappa shape index (κ3) is 3.40. The first-order valence-corrected chi connectivity index (χ1v) is 7.65. The minimum Gasteiger partial charge on any atom is -0.507 e. The van der Waals surface area contributed by atoms with Crippen molar-refractivity contribution in [2.24, 2.45) is 16.5 Å². The van der Waals surface area contributed by atoms with Gasteiger partial charge in [-0.1, -0.05) is 18.2 Å². The summed E-state index contributed by atoms with van der Waals surface area (Å²) in [5.74, 6) is 1.19. The van der Waals surface area contributed by atoms with Crippen molar-refractivity contribution in [1.82, 2.24) is 9.97 Å². The molecule has 6 nitrogen and oxygen atoms in total. The van der Waals surface area contributed by atoms with Gasteiger partial charge in [0.25, 0.3) is 0 Å². The van der Waals surface area contributed by atoms with Crippen LogP contribution >= 0.6 is 15.9 Å². The molecule has 0 aliphatic carbocycles. The predicted octanol–water partition coefficient (Wildman–Crippen LogP) is 2.59. The van der Waals surface area contributed by atoms with Gasteiger partial charge >= 0.3 is 0 Å². The Morgan fingerprint density at radius 2 is 1.91 bits per heavy atom. The van der Waals surface area contributed by atoms with Crippen molar-refractivity contribution in [2.75, 3.05) is 0 Å². The number of fused-ring (bicyclic) bond motifs is 1. The number of aromatic nitrogens is 2. The van der Waals surface area contributed by atoms with Crippen LogP contribution in [0.3, 0.4) is 0 Å². The van der Waals surface area contributed by atoms with E-state index in [0.29, 0.717) is 22.5 Å². The van der Waals surface area contributed by atoms with E-state index in [9.17, 15) is 5.11 Å². The van der Waals surface area contributed by atoms with E-state index in [1.165, 1.54) is 0 Å². The van der Waals surface area contributed by atoms with Gasteiger partial charge in [0, 0.05) is 11.8 Å². The molecule has 0 saturated carbocycles. The highest BCUT2D eigenvalue weighted by Gasteiger charge is 2.09. The largest absolute Gasteiger partial charge is 0.507 e. The molecular weight excluding hydrogens is 358 g/mol. The van der Waals surface area contributed by atoms with Gasteiger partial charge in [0.2, 0.25) is 0 Å². The maximum absolute atomic E-state index is 9.57. The number of phenolic OH excluding ortho intramolecular Hbond substituents is 1. The molecule has 0 aliphatic rings. The second-order valence-corrected chi connectivity index (χ2v) is 5.83. The molecule has 0 radical (unpaired) electrons. The average Bonchev–Trinajstić information content (AvgIpc) is 2.50. The number of benzene rings is 2. The predicted molar refractivity (Wildman–Crippen MR) is 93.6 cm³/mol. The summed E-state index contributed by atoms with van der Waals surface area (Å²) in [6.45, 7) is 0. The molecular formula is C16H14BrN5O. The van der Waals surface area contributed by atoms with Gasteiger partial charge in [0.05, 0.1) is 9.99 Å². The van der Waals surface area contributed by atoms with Crippen molar-refractivity contribution in [3.8, 4) is 5.75 Å². The van der Waals surface area contributed by atoms with E-state index in [1.54, 1.807) is 6.07 Å². The Morgan fingerprint density at radius 1 is 1.13 bits per heavy atom. The molecule has 0 bridgehead atoms. The molecule has 0 unspecified atom stereocenters. The quantitative estimate of drug-likeness (QED) is 0.484. The van der Waals surface area contributed by atoms with Crippen molar-refractivity contribution in [3.05, 3.63) is 58.3 Å². The summed E-state index contributed by atoms with van der Waals surface area (Å²) in [4.78, 5) is 13.1. The molecule has 7 heteroatoms. The number of nitrogens with two attached hydrogens (primary N) is 2. The third-order valence-electron chi connectivity index (χ3n) is 3.24. The lowest BCUT2D eigenvalue weighted by atomic mass is 10.1. The molecule has 116 valence electrons. The first-order chi connectivity index (χ1) is 11.0. The SMILES string of the molecule is NC(N)=Nc1nc(Cc2ccc(O)c(Br)c2)nc2ccccc12. The number of hydrogen-bond donors (Lipinski definition) is 3. The van der Waals surface area contributed by atoms with Crippen LogP contribution in [0.5, 0.6) is 5.75 Å². The lowest BCUT2D eigenvalue weighted by molar-refractivity contribution is 0.471. The number of aromatic hydroxyl groups is 1. The number of guanidine groups is 1. The first-order valence-electron chi connectivity index (χ1n) is 6.85. The summed E-state index contributed by atoms with van der Waals surface area (Å²) in [6.07, 6.45) is 0.497. The lowest BCUT2D eigenvalue weighted by Gasteiger charge is -2.07. The fourth-order valence-electron chi connectivity index (χ4n) is 2.24. The lowest BCUT2D eigenvalue weighted by Crippen LogP contribution is -2.22. The molecule has 0 spiro atoms. The zero-order chi connectivity index (χ0) is 16.4. The molecule has 1 aromatic heterocycles. The Morgan fingerprint density at radius 3 is 2.65 bits per heavy atom. The molecule has 1 heterocycles. The fourth-order valence-corrected chi connectivity index (χ4v) is 2.66. The van der Waals surface area contributed by atoms with Gasteiger partial charge in [-0.25, -0.2) is 9.97 Å². The highest BCUT2D eigenvalue weighted by atomic mass is 79.9. The van der Waals surface area contributed by atoms with Crippen molar-refractivity contribution in [1.29, 1.82) is 0 Å². The summed E-state index contributed by atoms with van der Waals surface area (Å²) >= 11 is 3.30. The van der Waals surface area contributed by atoms with Gasteiger partial charge in [-0.05, 0) is 45.8 Å². The standard InChI is InChI=1S/C16H14BrN5O/c17-11-7-9(5-6-13(11)23)8-14-20-12-4-2-1-3-10(12)15(21-14)22-16(18)19/h1-7,23H,8H2,(H4,18,19,20,21,22). The van der Waals surface area contributed by atoms with Crippen molar-refractivity contribution >= 4 is 38.6 Å². The van der Waals surface area contributed by atoms with Crippen LogP contribution in [0, 0.1) is 0 Å². The number of aliphatic imine (C=N–C) groups is 1. The third-order valence-corrected chi connectivity index (χ3v) is 3.87. The number of rotatable bonds is 3. The molecule has 0 aliphatic heterocycles. The molecule has 3 aromatic rings. The van der Waals surface area contributed by atoms with E-state index in [-0.39, 0.29) is 11.7 Å². The van der Waals surface area contributed by atoms with E-state index in [4.69, 9.17) is 11.5 Å². The zero-order valence-electron chi connectivity index (χ0n) is 12.1. The van der Waals surface area contributed by atoms with Crippen LogP contribution in [0.4, 0.5) is 5.82 Å². The summed E-state index contributed by atoms with van der Waals surface area (Å²) in [7, 11) is 0. The molecule has 23 heavy (non-hydrogen) atoms. The fraction of sp³-hybridized carbons (Fsp3) is 0.0625. The zero-order valence-corrected chi connectivity index (χ0v) is 13.7. The number of halogens is 1. The van der Waals surface area contributed by atoms with Crippen molar-refractivity contribution in [3.63, 3.8) is 0 Å². The second-order valence-electron chi connectivity index (χ2n) is 4.98. The monoisotopic (exact) mass is 371 g/mol. The van der Waals surface area contributed by atoms with E-state index in [2.05, 4.69) is 30.9 Å². The maximum atomic E-state index is 9.57. The number of para-hydroxylation sites is 1. The molecule has 0 fully saturated rings. The molecule has 5 N–H and O–H groups in total. The second kappa shape index (κ2) is 6.21. The summed E-state index contributed by atoms with van der Waals surface area (Å²) in [6, 6.07) is 12.8. The molecule has 0 saturated heterocycles. The van der Waals surface area contributed by atoms with Crippen LogP contribution in [-0.2, 0) is 6.42 Å². The van der Waals surface area contributed by atoms with E-state index >= 15 is 0 Å². The van der Waals surface area contributed by atoms with Gasteiger partial charge in [-0.3, -0.25) is 0 Å². The molecule has 3 rings (SSSR count). The minimum absolute atomic E-state index is 0.0489. The molecule has 0 atom stereocenters. The van der Waals surface area contributed by atoms with Gasteiger partial charge in [-0.2, -0.15) is 4.99 Å². The van der Waals surface area contributed by atoms with E-state index < -0.39 is 0 Å². The minimum atomic E-state index is -0.0489. The number of hydrogen-bond acceptors (Lipinski definition) is 4. The molecule has 2 aromatic carbocycles. The Hall–Kier alpha value is -2.67.